The van der Waals surface area contributed by atoms with Crippen LogP contribution in [0.25, 0.3) is 0 Å². The van der Waals surface area contributed by atoms with E-state index in [9.17, 15) is 22.4 Å². The molecule has 31 heavy (non-hydrogen) atoms. The molecule has 1 N–H and O–H groups in total. The summed E-state index contributed by atoms with van der Waals surface area (Å²) in [5.74, 6) is -0.455. The molecule has 1 aromatic carbocycles. The van der Waals surface area contributed by atoms with E-state index in [1.54, 1.807) is 0 Å². The van der Waals surface area contributed by atoms with Gasteiger partial charge in [-0.3, -0.25) is 14.9 Å². The number of nitrogens with one attached hydrogen (secondary N) is 1. The molecule has 0 bridgehead atoms. The normalized spacial score (nSPS) is 19.5. The largest absolute Gasteiger partial charge is 1.00 e. The number of thiazole rings is 1. The molecule has 0 aliphatic heterocycles. The molecule has 0 spiro atoms. The van der Waals surface area contributed by atoms with Gasteiger partial charge in [-0.05, 0) is 31.4 Å². The van der Waals surface area contributed by atoms with E-state index in [1.807, 2.05) is 0 Å². The average Bonchev–Trinajstić information content (AvgIpc) is 3.42. The van der Waals surface area contributed by atoms with Crippen LogP contribution in [0.5, 0.6) is 0 Å². The molecule has 1 amide bonds. The first-order valence-electron chi connectivity index (χ1n) is 9.81. The summed E-state index contributed by atoms with van der Waals surface area (Å²) in [5, 5.41) is 5.59. The van der Waals surface area contributed by atoms with Gasteiger partial charge in [-0.1, -0.05) is 28.6 Å². The van der Waals surface area contributed by atoms with Gasteiger partial charge in [0.05, 0.1) is 16.3 Å². The zero-order chi connectivity index (χ0) is 22.0. The Hall–Kier alpha value is -2.66. The maximum Gasteiger partial charge on any atom is 0.280 e. The third-order valence-electron chi connectivity index (χ3n) is 5.15. The number of carbonyl (C=O) groups is 2. The Labute approximate surface area is 284 Å². The van der Waals surface area contributed by atoms with E-state index in [0.29, 0.717) is 49.0 Å². The number of hydrogen-bond donors (Lipinski definition) is 1. The summed E-state index contributed by atoms with van der Waals surface area (Å²) in [6.45, 7) is 0.183. The number of nitrogens with zero attached hydrogens (tertiary/aromatic N) is 2. The lowest BCUT2D eigenvalue weighted by atomic mass is 10.1. The van der Waals surface area contributed by atoms with Crippen molar-refractivity contribution in [2.75, 3.05) is 11.9 Å². The molecule has 8 nitrogen and oxygen atoms in total. The Morgan fingerprint density at radius 3 is 2.61 bits per heavy atom. The van der Waals surface area contributed by atoms with Gasteiger partial charge in [0.25, 0.3) is 5.91 Å². The number of amides is 1. The maximum atomic E-state index is 13.2. The zero-order valence-corrected chi connectivity index (χ0v) is 18.0. The lowest BCUT2D eigenvalue weighted by Crippen LogP contribution is -2.24. The third kappa shape index (κ3) is 5.16. The quantitative estimate of drug-likeness (QED) is 0.237. The molecule has 11 heteroatoms. The second kappa shape index (κ2) is 8.83. The van der Waals surface area contributed by atoms with Gasteiger partial charge in [-0.2, -0.15) is 4.39 Å². The van der Waals surface area contributed by atoms with Crippen LogP contribution in [-0.2, 0) is 24.3 Å². The number of Topliss-reactive ketones (excluding diaryl/α,β-unsaturated/α-hetero) is 1. The number of anilines is 1. The number of benzene rings is 1. The summed E-state index contributed by atoms with van der Waals surface area (Å²) < 4.78 is 38.0. The number of rotatable bonds is 8. The van der Waals surface area contributed by atoms with Crippen molar-refractivity contribution in [1.29, 1.82) is 0 Å². The highest BCUT2D eigenvalue weighted by Gasteiger charge is 2.36. The average molecular weight is 605 g/mol. The number of oxime groups is 1. The van der Waals surface area contributed by atoms with Gasteiger partial charge in [0, 0.05) is 24.3 Å². The summed E-state index contributed by atoms with van der Waals surface area (Å²) in [7, 11) is -3.36. The summed E-state index contributed by atoms with van der Waals surface area (Å²) in [5.41, 5.74) is 0.238. The van der Waals surface area contributed by atoms with E-state index in [-0.39, 0.29) is 138 Å². The van der Waals surface area contributed by atoms with Gasteiger partial charge in [0.2, 0.25) is 0 Å². The van der Waals surface area contributed by atoms with Gasteiger partial charge in [-0.15, -0.1) is 0 Å². The lowest BCUT2D eigenvalue weighted by molar-refractivity contribution is -0.117. The smallest absolute Gasteiger partial charge is 0.280 e. The van der Waals surface area contributed by atoms with E-state index in [1.165, 1.54) is 24.3 Å². The number of carbonyl (C=O) groups excluding carboxylic acids is 2. The predicted molar refractivity (Wildman–Crippen MR) is 189 cm³/mol. The van der Waals surface area contributed by atoms with Crippen molar-refractivity contribution in [3.8, 4) is 0 Å². The molecule has 1 aromatic heterocycles. The summed E-state index contributed by atoms with van der Waals surface area (Å²) in [6.07, 6.45) is 3.94. The highest BCUT2D eigenvalue weighted by atomic mass is 32.2. The number of sulfone groups is 1. The van der Waals surface area contributed by atoms with Crippen LogP contribution in [0.2, 0.25) is 0 Å². The van der Waals surface area contributed by atoms with Crippen molar-refractivity contribution in [2.45, 2.75) is 42.2 Å². The number of aromatic nitrogens is 1. The van der Waals surface area contributed by atoms with Gasteiger partial charge in [-0.25, -0.2) is 13.4 Å². The Bertz CT molecular complexity index is 1210. The van der Waals surface area contributed by atoms with Crippen molar-refractivity contribution in [1.82, 2.24) is 4.98 Å². The number of ketones is 1. The Morgan fingerprint density at radius 2 is 2.03 bits per heavy atom. The van der Waals surface area contributed by atoms with Gasteiger partial charge in [0.1, 0.15) is 12.4 Å². The first kappa shape index (κ1) is 21.6. The van der Waals surface area contributed by atoms with Crippen molar-refractivity contribution < 1.29 is 126 Å². The fourth-order valence-corrected chi connectivity index (χ4v) is 5.50. The van der Waals surface area contributed by atoms with Gasteiger partial charge in [0.15, 0.2) is 25.8 Å². The maximum absolute atomic E-state index is 13.2. The SMILES string of the molecule is O=C1CC[C@H](CO/N=C(/C(=O)Nc2ncc(F)s2)c2ccc(S(=O)(=O)C3CC3)cc2)C1.[2H-].[2H-].[2H-].[2H-].[2H-].[2H-].[2H-].[2H-].[2H-].[2H-].[2H-].[2H-].[2H-].[2H-].[2H-].[2H-].[2H-].[2H-].[2H-].[2H-].[2H-].[2H-].[2H-].[2H-].[2H-].[2H-].[2H-].[2H-].[2H-].[2H-].[2H-].[2H-].[2H-].[2H-].[2H-].[2H-].[2H-].[2H-].[2H-].[2H-].[2H-].[2H-].[2H-].[2H-].[2H-].[2H-].[2H-].[2H-].[2H-].[2H-].[2H-].[2H-].[2H-].[2H-].[2H-].[2H-].[2H-].[2H-].[2H-].[2H-].[2H-].[2H-].[2H-].[2H-].[2H-].[2H-].[2H-].[2H-].[2H-]. The van der Waals surface area contributed by atoms with Crippen molar-refractivity contribution in [3.63, 3.8) is 0 Å². The van der Waals surface area contributed by atoms with E-state index < -0.39 is 20.9 Å². The monoisotopic (exact) mass is 604 g/mol. The zero-order valence-electron chi connectivity index (χ0n) is 85.4. The van der Waals surface area contributed by atoms with Crippen LogP contribution in [0, 0.1) is 11.0 Å². The molecule has 0 saturated heterocycles. The lowest BCUT2D eigenvalue weighted by Gasteiger charge is -2.10. The van der Waals surface area contributed by atoms with Crippen LogP contribution in [0.3, 0.4) is 0 Å². The van der Waals surface area contributed by atoms with Crippen molar-refractivity contribution >= 4 is 43.7 Å². The molecule has 0 radical (unpaired) electrons. The fraction of sp³-hybridized carbons (Fsp3) is 0.400. The van der Waals surface area contributed by atoms with E-state index in [2.05, 4.69) is 15.5 Å². The molecule has 2 saturated carbocycles. The number of hydrogen-bond acceptors (Lipinski definition) is 8. The summed E-state index contributed by atoms with van der Waals surface area (Å²) >= 11 is 0.667. The molecule has 2 fully saturated rings. The second-order valence-electron chi connectivity index (χ2n) is 7.58. The Morgan fingerprint density at radius 1 is 1.29 bits per heavy atom. The number of halogens is 1. The molecule has 4 rings (SSSR count). The summed E-state index contributed by atoms with van der Waals surface area (Å²) in [4.78, 5) is 33.5. The van der Waals surface area contributed by atoms with Gasteiger partial charge < -0.3 is 103 Å². The van der Waals surface area contributed by atoms with Crippen LogP contribution in [0.4, 0.5) is 9.52 Å². The van der Waals surface area contributed by atoms with Crippen LogP contribution < -0.4 is 5.32 Å². The molecule has 2 aliphatic carbocycles. The van der Waals surface area contributed by atoms with Crippen LogP contribution in [0.1, 0.15) is 136 Å². The Balaban J connectivity index is -0.00000000262. The topological polar surface area (TPSA) is 115 Å². The van der Waals surface area contributed by atoms with Crippen molar-refractivity contribution in [3.05, 3.63) is 41.2 Å². The van der Waals surface area contributed by atoms with Crippen LogP contribution in [0.15, 0.2) is 40.5 Å². The Kier molecular flexibility index (Phi) is 6.15. The molecule has 302 valence electrons. The third-order valence-corrected chi connectivity index (χ3v) is 8.13. The second-order valence-corrected chi connectivity index (χ2v) is 10.8. The fourth-order valence-electron chi connectivity index (χ4n) is 3.31. The molecule has 1 atom stereocenters. The van der Waals surface area contributed by atoms with Crippen LogP contribution >= 0.6 is 11.3 Å². The minimum absolute atomic E-state index is 0. The van der Waals surface area contributed by atoms with E-state index in [0.717, 1.165) is 6.20 Å². The minimum Gasteiger partial charge on any atom is -1.00 e. The molecule has 2 aliphatic rings. The highest BCUT2D eigenvalue weighted by molar-refractivity contribution is 7.92. The van der Waals surface area contributed by atoms with E-state index in [4.69, 9.17) is 4.84 Å². The standard InChI is InChI=1S/C20H20FN3O5S2.69H/c21-17-10-22-20(30-17)23-19(26)18(24-29-11-12-1-4-14(25)9-12)13-2-5-15(6-3-13)31(27,28)16-7-8-16;;;;;;;;;;;;;;;;;;;;;;;;;;;;;;;;;;;;;;;;;;;;;;;;;;;;;;;;;;;;;;;;;;;;;/h2-3,5-6,10,12,16H,1,4,7-9,11H2,(H,22,23,26);;;;;;;;;;;;;;;;;;;;;;;;;;;;;;;;;;;;;;;;;;;;;;;;;;;;;;;;;;;;;;;;;;;;;/q;69*-1/b24-18+;;;;;;;;;;;;;;;;;;;;;;;;;;;;;;;;;;;;;;;;;;;;;;;;;;;;;;;;;;;;;;;;;;;;;/t12-;;;;;;;;;;;;;;;;;;;;;;;;;;;;;;;;;;;;;;;;;;;;;;;;;;;;;;;;;;;;;;;;;;;;;/m0...................................................................../s1/i;69*1+1. The molecule has 2 aromatic rings. The van der Waals surface area contributed by atoms with Crippen molar-refractivity contribution in [2.24, 2.45) is 11.1 Å². The highest BCUT2D eigenvalue weighted by Crippen LogP contribution is 2.33. The molecular weight excluding hydrogens is 445 g/mol. The first-order valence-corrected chi connectivity index (χ1v) is 12.2. The molecular formula is C20H89FN3O5S2-69. The van der Waals surface area contributed by atoms with Crippen LogP contribution in [-0.4, -0.2) is 42.7 Å². The minimum atomic E-state index is -3.36. The predicted octanol–water partition coefficient (Wildman–Crippen LogP) is 10.7. The van der Waals surface area contributed by atoms with E-state index >= 15 is 0 Å². The first-order chi connectivity index (χ1) is 14.8. The van der Waals surface area contributed by atoms with Gasteiger partial charge >= 0.3 is 0 Å². The molecule has 1 heterocycles. The molecule has 0 unspecified atom stereocenters. The summed E-state index contributed by atoms with van der Waals surface area (Å²) in [6, 6.07) is 5.84.